The van der Waals surface area contributed by atoms with Gasteiger partial charge in [0.15, 0.2) is 5.11 Å². The zero-order valence-electron chi connectivity index (χ0n) is 13.1. The average Bonchev–Trinajstić information content (AvgIpc) is 3.13. The van der Waals surface area contributed by atoms with E-state index in [2.05, 4.69) is 58.0 Å². The summed E-state index contributed by atoms with van der Waals surface area (Å²) in [7, 11) is 0. The summed E-state index contributed by atoms with van der Waals surface area (Å²) in [5.74, 6) is 0. The van der Waals surface area contributed by atoms with Crippen molar-refractivity contribution in [3.63, 3.8) is 0 Å². The average molecular weight is 314 g/mol. The summed E-state index contributed by atoms with van der Waals surface area (Å²) in [6.07, 6.45) is 5.05. The van der Waals surface area contributed by atoms with E-state index in [4.69, 9.17) is 12.2 Å². The van der Waals surface area contributed by atoms with E-state index in [0.717, 1.165) is 30.3 Å². The van der Waals surface area contributed by atoms with Crippen molar-refractivity contribution in [1.82, 2.24) is 19.8 Å². The third-order valence-electron chi connectivity index (χ3n) is 4.17. The number of aryl methyl sites for hydroxylation is 1. The lowest BCUT2D eigenvalue weighted by atomic mass is 10.0. The van der Waals surface area contributed by atoms with Gasteiger partial charge in [0.2, 0.25) is 0 Å². The van der Waals surface area contributed by atoms with Crippen LogP contribution >= 0.6 is 12.2 Å². The quantitative estimate of drug-likeness (QED) is 0.859. The summed E-state index contributed by atoms with van der Waals surface area (Å²) >= 11 is 5.59. The van der Waals surface area contributed by atoms with E-state index in [1.807, 2.05) is 18.3 Å². The molecule has 3 heterocycles. The monoisotopic (exact) mass is 314 g/mol. The molecule has 3 rings (SSSR count). The van der Waals surface area contributed by atoms with Gasteiger partial charge in [-0.1, -0.05) is 13.0 Å². The number of thiocarbonyl (C=S) groups is 1. The molecule has 2 aromatic rings. The Bertz CT molecular complexity index is 637. The first-order valence-corrected chi connectivity index (χ1v) is 8.30. The van der Waals surface area contributed by atoms with Crippen molar-refractivity contribution in [2.45, 2.75) is 38.9 Å². The Morgan fingerprint density at radius 2 is 2.09 bits per heavy atom. The molecule has 0 bridgehead atoms. The maximum Gasteiger partial charge on any atom is 0.170 e. The van der Waals surface area contributed by atoms with Gasteiger partial charge >= 0.3 is 0 Å². The number of rotatable bonds is 5. The van der Waals surface area contributed by atoms with Crippen LogP contribution in [0.1, 0.15) is 43.7 Å². The van der Waals surface area contributed by atoms with Crippen molar-refractivity contribution in [2.75, 3.05) is 6.54 Å². The first-order valence-electron chi connectivity index (χ1n) is 7.89. The third-order valence-corrected chi connectivity index (χ3v) is 4.52. The third kappa shape index (κ3) is 2.61. The number of nitrogens with one attached hydrogen (secondary N) is 1. The van der Waals surface area contributed by atoms with Gasteiger partial charge in [-0.05, 0) is 49.8 Å². The van der Waals surface area contributed by atoms with Crippen molar-refractivity contribution in [3.8, 4) is 0 Å². The number of hydrogen-bond donors (Lipinski definition) is 1. The SMILES string of the molecule is CCCN1C(=S)N[C@H](c2ccccn2)[C@H]1c1cccn1CC. The highest BCUT2D eigenvalue weighted by Gasteiger charge is 2.40. The molecule has 1 saturated heterocycles. The number of nitrogens with zero attached hydrogens (tertiary/aromatic N) is 3. The Balaban J connectivity index is 2.03. The maximum atomic E-state index is 5.59. The normalized spacial score (nSPS) is 21.2. The lowest BCUT2D eigenvalue weighted by Gasteiger charge is -2.28. The molecule has 0 unspecified atom stereocenters. The van der Waals surface area contributed by atoms with E-state index in [1.54, 1.807) is 0 Å². The van der Waals surface area contributed by atoms with Crippen molar-refractivity contribution >= 4 is 17.3 Å². The number of hydrogen-bond acceptors (Lipinski definition) is 2. The first-order chi connectivity index (χ1) is 10.8. The summed E-state index contributed by atoms with van der Waals surface area (Å²) in [4.78, 5) is 6.85. The predicted molar refractivity (Wildman–Crippen MR) is 92.6 cm³/mol. The second-order valence-electron chi connectivity index (χ2n) is 5.54. The lowest BCUT2D eigenvalue weighted by molar-refractivity contribution is 0.304. The minimum atomic E-state index is 0.0976. The first kappa shape index (κ1) is 15.0. The molecule has 4 nitrogen and oxygen atoms in total. The lowest BCUT2D eigenvalue weighted by Crippen LogP contribution is -2.31. The maximum absolute atomic E-state index is 5.59. The van der Waals surface area contributed by atoms with Crippen LogP contribution in [-0.2, 0) is 6.54 Å². The highest BCUT2D eigenvalue weighted by Crippen LogP contribution is 2.38. The van der Waals surface area contributed by atoms with Crippen molar-refractivity contribution in [3.05, 3.63) is 54.1 Å². The van der Waals surface area contributed by atoms with Crippen molar-refractivity contribution in [1.29, 1.82) is 0 Å². The summed E-state index contributed by atoms with van der Waals surface area (Å²) in [6.45, 7) is 6.27. The zero-order chi connectivity index (χ0) is 15.5. The van der Waals surface area contributed by atoms with Gasteiger partial charge in [0.1, 0.15) is 0 Å². The van der Waals surface area contributed by atoms with Gasteiger partial charge in [-0.25, -0.2) is 0 Å². The molecular weight excluding hydrogens is 292 g/mol. The largest absolute Gasteiger partial charge is 0.352 e. The van der Waals surface area contributed by atoms with Crippen LogP contribution in [0.5, 0.6) is 0 Å². The molecule has 22 heavy (non-hydrogen) atoms. The van der Waals surface area contributed by atoms with E-state index in [-0.39, 0.29) is 12.1 Å². The minimum Gasteiger partial charge on any atom is -0.352 e. The van der Waals surface area contributed by atoms with Gasteiger partial charge in [-0.3, -0.25) is 4.98 Å². The Hall–Kier alpha value is -1.88. The van der Waals surface area contributed by atoms with Gasteiger partial charge in [0.05, 0.1) is 17.8 Å². The van der Waals surface area contributed by atoms with Gasteiger partial charge in [-0.2, -0.15) is 0 Å². The Kier molecular flexibility index (Phi) is 4.43. The standard InChI is InChI=1S/C17H22N4S/c1-3-11-21-16(14-9-7-12-20(14)4-2)15(19-17(21)22)13-8-5-6-10-18-13/h5-10,12,15-16H,3-4,11H2,1-2H3,(H,19,22)/t15-,16-/m1/s1. The fourth-order valence-corrected chi connectivity index (χ4v) is 3.52. The minimum absolute atomic E-state index is 0.0976. The second kappa shape index (κ2) is 6.48. The molecule has 2 aromatic heterocycles. The molecule has 0 amide bonds. The molecule has 0 saturated carbocycles. The molecule has 116 valence electrons. The van der Waals surface area contributed by atoms with E-state index >= 15 is 0 Å². The molecule has 0 radical (unpaired) electrons. The van der Waals surface area contributed by atoms with Crippen molar-refractivity contribution < 1.29 is 0 Å². The summed E-state index contributed by atoms with van der Waals surface area (Å²) < 4.78 is 2.29. The van der Waals surface area contributed by atoms with E-state index in [9.17, 15) is 0 Å². The highest BCUT2D eigenvalue weighted by molar-refractivity contribution is 7.80. The highest BCUT2D eigenvalue weighted by atomic mass is 32.1. The van der Waals surface area contributed by atoms with Crippen LogP contribution in [0.2, 0.25) is 0 Å². The Labute approximate surface area is 137 Å². The van der Waals surface area contributed by atoms with Gasteiger partial charge in [-0.15, -0.1) is 0 Å². The number of pyridine rings is 1. The van der Waals surface area contributed by atoms with Crippen LogP contribution in [0.15, 0.2) is 42.7 Å². The van der Waals surface area contributed by atoms with Crippen LogP contribution < -0.4 is 5.32 Å². The van der Waals surface area contributed by atoms with Crippen LogP contribution in [0, 0.1) is 0 Å². The van der Waals surface area contributed by atoms with Crippen LogP contribution in [-0.4, -0.2) is 26.1 Å². The van der Waals surface area contributed by atoms with Crippen LogP contribution in [0.3, 0.4) is 0 Å². The summed E-state index contributed by atoms with van der Waals surface area (Å²) in [6, 6.07) is 10.7. The van der Waals surface area contributed by atoms with Crippen LogP contribution in [0.4, 0.5) is 0 Å². The fraction of sp³-hybridized carbons (Fsp3) is 0.412. The molecule has 0 aromatic carbocycles. The van der Waals surface area contributed by atoms with Gasteiger partial charge in [0, 0.05) is 31.2 Å². The smallest absolute Gasteiger partial charge is 0.170 e. The Morgan fingerprint density at radius 1 is 1.23 bits per heavy atom. The summed E-state index contributed by atoms with van der Waals surface area (Å²) in [5.41, 5.74) is 2.33. The van der Waals surface area contributed by atoms with Gasteiger partial charge < -0.3 is 14.8 Å². The molecule has 0 aliphatic carbocycles. The Morgan fingerprint density at radius 3 is 2.77 bits per heavy atom. The van der Waals surface area contributed by atoms with E-state index < -0.39 is 0 Å². The molecule has 0 spiro atoms. The molecule has 1 N–H and O–H groups in total. The molecule has 2 atom stereocenters. The second-order valence-corrected chi connectivity index (χ2v) is 5.93. The molecule has 1 aliphatic rings. The topological polar surface area (TPSA) is 33.1 Å². The van der Waals surface area contributed by atoms with E-state index in [1.165, 1.54) is 5.69 Å². The summed E-state index contributed by atoms with van der Waals surface area (Å²) in [5, 5.41) is 4.30. The zero-order valence-corrected chi connectivity index (χ0v) is 13.9. The van der Waals surface area contributed by atoms with Gasteiger partial charge in [0.25, 0.3) is 0 Å². The molecular formula is C17H22N4S. The van der Waals surface area contributed by atoms with E-state index in [0.29, 0.717) is 0 Å². The molecule has 1 aliphatic heterocycles. The fourth-order valence-electron chi connectivity index (χ4n) is 3.19. The van der Waals surface area contributed by atoms with Crippen molar-refractivity contribution in [2.24, 2.45) is 0 Å². The molecule has 1 fully saturated rings. The number of aromatic nitrogens is 2. The predicted octanol–water partition coefficient (Wildman–Crippen LogP) is 3.29. The van der Waals surface area contributed by atoms with Crippen LogP contribution in [0.25, 0.3) is 0 Å². The molecule has 5 heteroatoms.